The molecule has 0 bridgehead atoms. The highest BCUT2D eigenvalue weighted by atomic mass is 32.1. The molecule has 0 unspecified atom stereocenters. The number of rotatable bonds is 5. The summed E-state index contributed by atoms with van der Waals surface area (Å²) in [4.78, 5) is 16.4. The van der Waals surface area contributed by atoms with E-state index in [0.717, 1.165) is 5.01 Å². The fourth-order valence-electron chi connectivity index (χ4n) is 1.48. The van der Waals surface area contributed by atoms with Crippen molar-refractivity contribution in [3.63, 3.8) is 0 Å². The maximum atomic E-state index is 12.0. The number of hydrogen-bond donors (Lipinski definition) is 2. The van der Waals surface area contributed by atoms with Crippen LogP contribution in [0.4, 0.5) is 5.69 Å². The third-order valence-electron chi connectivity index (χ3n) is 2.32. The largest absolute Gasteiger partial charge is 0.486 e. The molecule has 0 saturated heterocycles. The van der Waals surface area contributed by atoms with Crippen LogP contribution in [0.2, 0.25) is 0 Å². The van der Waals surface area contributed by atoms with Crippen LogP contribution in [0.1, 0.15) is 15.5 Å². The van der Waals surface area contributed by atoms with Crippen LogP contribution in [-0.4, -0.2) is 22.5 Å². The van der Waals surface area contributed by atoms with E-state index in [4.69, 9.17) is 22.7 Å². The molecule has 0 saturated carbocycles. The first-order chi connectivity index (χ1) is 9.54. The molecule has 0 atom stereocenters. The van der Waals surface area contributed by atoms with Crippen LogP contribution < -0.4 is 15.8 Å². The zero-order valence-electron chi connectivity index (χ0n) is 10.8. The first-order valence-corrected chi connectivity index (χ1v) is 7.08. The zero-order valence-corrected chi connectivity index (χ0v) is 12.4. The highest BCUT2D eigenvalue weighted by Crippen LogP contribution is 2.18. The summed E-state index contributed by atoms with van der Waals surface area (Å²) < 4.78 is 5.37. The van der Waals surface area contributed by atoms with Gasteiger partial charge in [0.2, 0.25) is 0 Å². The summed E-state index contributed by atoms with van der Waals surface area (Å²) in [5.74, 6) is 0.339. The van der Waals surface area contributed by atoms with Crippen molar-refractivity contribution in [2.75, 3.05) is 11.9 Å². The number of amides is 1. The van der Waals surface area contributed by atoms with E-state index in [0.29, 0.717) is 17.1 Å². The first-order valence-electron chi connectivity index (χ1n) is 5.79. The van der Waals surface area contributed by atoms with E-state index in [1.165, 1.54) is 11.3 Å². The maximum Gasteiger partial charge on any atom is 0.275 e. The Kier molecular flexibility index (Phi) is 4.65. The van der Waals surface area contributed by atoms with Crippen molar-refractivity contribution in [2.45, 2.75) is 6.92 Å². The van der Waals surface area contributed by atoms with Crippen LogP contribution in [0.5, 0.6) is 5.75 Å². The Balaban J connectivity index is 2.04. The van der Waals surface area contributed by atoms with E-state index < -0.39 is 0 Å². The average molecular weight is 307 g/mol. The number of nitrogens with zero attached hydrogens (tertiary/aromatic N) is 1. The second kappa shape index (κ2) is 6.44. The minimum atomic E-state index is -0.249. The summed E-state index contributed by atoms with van der Waals surface area (Å²) in [5.41, 5.74) is 6.40. The highest BCUT2D eigenvalue weighted by molar-refractivity contribution is 7.80. The van der Waals surface area contributed by atoms with Gasteiger partial charge in [-0.05, 0) is 19.1 Å². The molecule has 3 N–H and O–H groups in total. The molecule has 1 amide bonds. The molecular weight excluding hydrogens is 294 g/mol. The Labute approximate surface area is 125 Å². The van der Waals surface area contributed by atoms with E-state index in [2.05, 4.69) is 10.3 Å². The molecule has 0 aliphatic rings. The van der Waals surface area contributed by atoms with E-state index in [1.807, 2.05) is 6.92 Å². The second-order valence-corrected chi connectivity index (χ2v) is 5.58. The molecule has 20 heavy (non-hydrogen) atoms. The van der Waals surface area contributed by atoms with Crippen molar-refractivity contribution in [3.05, 3.63) is 40.3 Å². The number of ether oxygens (including phenoxy) is 1. The van der Waals surface area contributed by atoms with Gasteiger partial charge in [0.15, 0.2) is 0 Å². The van der Waals surface area contributed by atoms with E-state index in [1.54, 1.807) is 29.6 Å². The normalized spacial score (nSPS) is 10.1. The van der Waals surface area contributed by atoms with Gasteiger partial charge in [-0.1, -0.05) is 18.3 Å². The lowest BCUT2D eigenvalue weighted by atomic mass is 10.3. The van der Waals surface area contributed by atoms with Gasteiger partial charge in [-0.2, -0.15) is 0 Å². The molecule has 0 fully saturated rings. The van der Waals surface area contributed by atoms with E-state index >= 15 is 0 Å². The first kappa shape index (κ1) is 14.4. The molecule has 5 nitrogen and oxygen atoms in total. The molecule has 1 aromatic heterocycles. The number of benzene rings is 1. The fourth-order valence-corrected chi connectivity index (χ4v) is 2.13. The predicted molar refractivity (Wildman–Crippen MR) is 83.5 cm³/mol. The van der Waals surface area contributed by atoms with Crippen LogP contribution in [0, 0.1) is 6.92 Å². The molecule has 2 aromatic rings. The van der Waals surface area contributed by atoms with Crippen molar-refractivity contribution >= 4 is 40.1 Å². The quantitative estimate of drug-likeness (QED) is 0.829. The molecule has 0 aliphatic heterocycles. The smallest absolute Gasteiger partial charge is 0.275 e. The number of nitrogens with two attached hydrogens (primary N) is 1. The summed E-state index contributed by atoms with van der Waals surface area (Å²) >= 11 is 6.17. The lowest BCUT2D eigenvalue weighted by Crippen LogP contribution is -2.18. The van der Waals surface area contributed by atoms with Gasteiger partial charge in [-0.3, -0.25) is 4.79 Å². The Morgan fingerprint density at radius 1 is 1.55 bits per heavy atom. The lowest BCUT2D eigenvalue weighted by Gasteiger charge is -2.07. The summed E-state index contributed by atoms with van der Waals surface area (Å²) in [6.45, 7) is 2.02. The number of aryl methyl sites for hydroxylation is 1. The molecule has 0 spiro atoms. The molecular formula is C13H13N3O2S2. The zero-order chi connectivity index (χ0) is 14.5. The van der Waals surface area contributed by atoms with E-state index in [9.17, 15) is 4.79 Å². The number of carbonyl (C=O) groups excluding carboxylic acids is 1. The van der Waals surface area contributed by atoms with Crippen LogP contribution in [-0.2, 0) is 0 Å². The molecule has 2 rings (SSSR count). The number of thiazole rings is 1. The Bertz CT molecular complexity index is 640. The highest BCUT2D eigenvalue weighted by Gasteiger charge is 2.09. The number of anilines is 1. The number of nitrogens with one attached hydrogen (secondary N) is 1. The number of hydrogen-bond acceptors (Lipinski definition) is 5. The molecule has 0 radical (unpaired) electrons. The molecule has 1 heterocycles. The molecule has 7 heteroatoms. The van der Waals surface area contributed by atoms with Crippen LogP contribution in [0.3, 0.4) is 0 Å². The van der Waals surface area contributed by atoms with Gasteiger partial charge in [0, 0.05) is 17.1 Å². The lowest BCUT2D eigenvalue weighted by molar-refractivity contribution is 0.102. The van der Waals surface area contributed by atoms with Crippen molar-refractivity contribution in [3.8, 4) is 5.75 Å². The van der Waals surface area contributed by atoms with Crippen LogP contribution >= 0.6 is 23.6 Å². The predicted octanol–water partition coefficient (Wildman–Crippen LogP) is 2.37. The third-order valence-corrected chi connectivity index (χ3v) is 3.22. The Hall–Kier alpha value is -1.99. The minimum Gasteiger partial charge on any atom is -0.486 e. The minimum absolute atomic E-state index is 0.165. The topological polar surface area (TPSA) is 77.2 Å². The third kappa shape index (κ3) is 4.01. The molecule has 0 aliphatic carbocycles. The van der Waals surface area contributed by atoms with Gasteiger partial charge in [0.1, 0.15) is 23.0 Å². The summed E-state index contributed by atoms with van der Waals surface area (Å²) in [5, 5.41) is 5.33. The van der Waals surface area contributed by atoms with Crippen molar-refractivity contribution in [1.29, 1.82) is 0 Å². The Morgan fingerprint density at radius 3 is 3.00 bits per heavy atom. The number of carbonyl (C=O) groups is 1. The van der Waals surface area contributed by atoms with Crippen molar-refractivity contribution < 1.29 is 9.53 Å². The average Bonchev–Trinajstić information content (AvgIpc) is 2.84. The van der Waals surface area contributed by atoms with Gasteiger partial charge in [0.05, 0.1) is 5.01 Å². The monoisotopic (exact) mass is 307 g/mol. The standard InChI is InChI=1S/C13H13N3O2S2/c1-8-15-11(7-20-8)13(17)16-9-3-2-4-10(5-9)18-6-12(14)19/h2-5,7H,6H2,1H3,(H2,14,19)(H,16,17). The van der Waals surface area contributed by atoms with Crippen molar-refractivity contribution in [1.82, 2.24) is 4.98 Å². The van der Waals surface area contributed by atoms with Gasteiger partial charge < -0.3 is 15.8 Å². The van der Waals surface area contributed by atoms with Crippen LogP contribution in [0.15, 0.2) is 29.6 Å². The van der Waals surface area contributed by atoms with Gasteiger partial charge in [-0.25, -0.2) is 4.98 Å². The number of aromatic nitrogens is 1. The fraction of sp³-hybridized carbons (Fsp3) is 0.154. The maximum absolute atomic E-state index is 12.0. The summed E-state index contributed by atoms with van der Waals surface area (Å²) in [7, 11) is 0. The number of thiocarbonyl (C=S) groups is 1. The molecule has 1 aromatic carbocycles. The van der Waals surface area contributed by atoms with Gasteiger partial charge in [0.25, 0.3) is 5.91 Å². The molecule has 104 valence electrons. The Morgan fingerprint density at radius 2 is 2.35 bits per heavy atom. The van der Waals surface area contributed by atoms with E-state index in [-0.39, 0.29) is 17.5 Å². The summed E-state index contributed by atoms with van der Waals surface area (Å²) in [6, 6.07) is 7.01. The van der Waals surface area contributed by atoms with Crippen LogP contribution in [0.25, 0.3) is 0 Å². The summed E-state index contributed by atoms with van der Waals surface area (Å²) in [6.07, 6.45) is 0. The second-order valence-electron chi connectivity index (χ2n) is 3.99. The van der Waals surface area contributed by atoms with Gasteiger partial charge in [-0.15, -0.1) is 11.3 Å². The van der Waals surface area contributed by atoms with Gasteiger partial charge >= 0.3 is 0 Å². The SMILES string of the molecule is Cc1nc(C(=O)Nc2cccc(OCC(N)=S)c2)cs1. The van der Waals surface area contributed by atoms with Crippen molar-refractivity contribution in [2.24, 2.45) is 5.73 Å².